The van der Waals surface area contributed by atoms with Gasteiger partial charge in [-0.1, -0.05) is 49.7 Å². The molecule has 0 amide bonds. The number of thiazole rings is 1. The Kier molecular flexibility index (Phi) is 5.21. The zero-order valence-electron chi connectivity index (χ0n) is 15.2. The monoisotopic (exact) mass is 377 g/mol. The molecule has 0 fully saturated rings. The summed E-state index contributed by atoms with van der Waals surface area (Å²) in [6.45, 7) is 2.18. The van der Waals surface area contributed by atoms with Gasteiger partial charge in [0.15, 0.2) is 0 Å². The molecule has 5 heteroatoms. The smallest absolute Gasteiger partial charge is 0.241 e. The molecule has 27 heavy (non-hydrogen) atoms. The lowest BCUT2D eigenvalue weighted by Gasteiger charge is -2.04. The fourth-order valence-electron chi connectivity index (χ4n) is 3.20. The highest BCUT2D eigenvalue weighted by Gasteiger charge is 2.10. The van der Waals surface area contributed by atoms with Gasteiger partial charge in [0.05, 0.1) is 26.6 Å². The Labute approximate surface area is 162 Å². The molecule has 0 spiro atoms. The quantitative estimate of drug-likeness (QED) is 0.425. The fourth-order valence-corrected chi connectivity index (χ4v) is 4.24. The van der Waals surface area contributed by atoms with Gasteiger partial charge in [0.1, 0.15) is 0 Å². The third-order valence-electron chi connectivity index (χ3n) is 4.40. The van der Waals surface area contributed by atoms with Gasteiger partial charge >= 0.3 is 6.08 Å². The van der Waals surface area contributed by atoms with E-state index in [0.29, 0.717) is 24.2 Å². The second-order valence-electron chi connectivity index (χ2n) is 6.62. The van der Waals surface area contributed by atoms with Gasteiger partial charge in [-0.25, -0.2) is 15.0 Å². The van der Waals surface area contributed by atoms with E-state index in [1.54, 1.807) is 11.3 Å². The second-order valence-corrected chi connectivity index (χ2v) is 7.73. The first-order valence-electron chi connectivity index (χ1n) is 9.14. The van der Waals surface area contributed by atoms with E-state index in [1.807, 2.05) is 36.4 Å². The molecule has 0 aliphatic carbocycles. The first kappa shape index (κ1) is 17.7. The van der Waals surface area contributed by atoms with Crippen LogP contribution in [0.4, 0.5) is 4.39 Å². The molecule has 0 N–H and O–H groups in total. The van der Waals surface area contributed by atoms with Gasteiger partial charge in [-0.05, 0) is 35.7 Å². The molecule has 0 radical (unpaired) electrons. The van der Waals surface area contributed by atoms with Crippen LogP contribution in [0.3, 0.4) is 0 Å². The van der Waals surface area contributed by atoms with Crippen molar-refractivity contribution in [2.75, 3.05) is 0 Å². The van der Waals surface area contributed by atoms with Crippen molar-refractivity contribution in [2.24, 2.45) is 0 Å². The maximum atomic E-state index is 13.9. The number of hydrogen-bond donors (Lipinski definition) is 0. The Bertz CT molecular complexity index is 1060. The number of aromatic nitrogens is 3. The Hall–Kier alpha value is -2.66. The number of nitrogens with zero attached hydrogens (tertiary/aromatic N) is 3. The van der Waals surface area contributed by atoms with Gasteiger partial charge in [-0.15, -0.1) is 11.3 Å². The highest BCUT2D eigenvalue weighted by atomic mass is 32.1. The van der Waals surface area contributed by atoms with E-state index in [1.165, 1.54) is 10.3 Å². The molecule has 0 bridgehead atoms. The first-order chi connectivity index (χ1) is 13.2. The van der Waals surface area contributed by atoms with E-state index in [9.17, 15) is 4.39 Å². The SMILES string of the molecule is CCCc1ccc2nc(Cc3cc(Cc4ccccc4)nc(F)n3)sc2c1. The van der Waals surface area contributed by atoms with Crippen LogP contribution in [0.5, 0.6) is 0 Å². The minimum Gasteiger partial charge on any atom is -0.241 e. The van der Waals surface area contributed by atoms with E-state index in [2.05, 4.69) is 40.1 Å². The lowest BCUT2D eigenvalue weighted by molar-refractivity contribution is 0.527. The molecular weight excluding hydrogens is 357 g/mol. The largest absolute Gasteiger partial charge is 0.309 e. The van der Waals surface area contributed by atoms with Crippen molar-refractivity contribution in [2.45, 2.75) is 32.6 Å². The molecule has 0 aliphatic rings. The topological polar surface area (TPSA) is 38.7 Å². The van der Waals surface area contributed by atoms with Crippen LogP contribution >= 0.6 is 11.3 Å². The van der Waals surface area contributed by atoms with Gasteiger partial charge in [0.2, 0.25) is 0 Å². The molecule has 0 saturated carbocycles. The Morgan fingerprint density at radius 1 is 0.852 bits per heavy atom. The second kappa shape index (κ2) is 7.92. The summed E-state index contributed by atoms with van der Waals surface area (Å²) in [5.74, 6) is 0. The third kappa shape index (κ3) is 4.37. The van der Waals surface area contributed by atoms with Crippen molar-refractivity contribution >= 4 is 21.6 Å². The summed E-state index contributed by atoms with van der Waals surface area (Å²) < 4.78 is 15.1. The van der Waals surface area contributed by atoms with Crippen LogP contribution in [0.25, 0.3) is 10.2 Å². The standard InChI is InChI=1S/C22H20FN3S/c1-2-6-15-9-10-19-20(12-15)27-21(26-19)14-18-13-17(24-22(23)25-18)11-16-7-4-3-5-8-16/h3-5,7-10,12-13H,2,6,11,14H2,1H3. The van der Waals surface area contributed by atoms with E-state index < -0.39 is 6.08 Å². The van der Waals surface area contributed by atoms with Crippen LogP contribution < -0.4 is 0 Å². The van der Waals surface area contributed by atoms with Crippen LogP contribution in [0.15, 0.2) is 54.6 Å². The number of hydrogen-bond acceptors (Lipinski definition) is 4. The van der Waals surface area contributed by atoms with E-state index in [4.69, 9.17) is 0 Å². The molecule has 2 heterocycles. The summed E-state index contributed by atoms with van der Waals surface area (Å²) in [5.41, 5.74) is 4.79. The normalized spacial score (nSPS) is 11.2. The van der Waals surface area contributed by atoms with E-state index in [0.717, 1.165) is 28.9 Å². The Balaban J connectivity index is 1.57. The number of aryl methyl sites for hydroxylation is 1. The van der Waals surface area contributed by atoms with E-state index >= 15 is 0 Å². The van der Waals surface area contributed by atoms with Crippen molar-refractivity contribution in [1.29, 1.82) is 0 Å². The third-order valence-corrected chi connectivity index (χ3v) is 5.42. The summed E-state index contributed by atoms with van der Waals surface area (Å²) in [6, 6.07) is 18.2. The van der Waals surface area contributed by atoms with Crippen molar-refractivity contribution in [1.82, 2.24) is 15.0 Å². The lowest BCUT2D eigenvalue weighted by Crippen LogP contribution is -2.02. The average molecular weight is 377 g/mol. The zero-order chi connectivity index (χ0) is 18.6. The van der Waals surface area contributed by atoms with Crippen LogP contribution in [-0.2, 0) is 19.3 Å². The molecular formula is C22H20FN3S. The average Bonchev–Trinajstić information content (AvgIpc) is 3.04. The maximum Gasteiger partial charge on any atom is 0.309 e. The molecule has 136 valence electrons. The highest BCUT2D eigenvalue weighted by molar-refractivity contribution is 7.18. The molecule has 4 aromatic rings. The van der Waals surface area contributed by atoms with Crippen LogP contribution in [-0.4, -0.2) is 15.0 Å². The zero-order valence-corrected chi connectivity index (χ0v) is 16.0. The van der Waals surface area contributed by atoms with Crippen LogP contribution in [0.1, 0.15) is 40.9 Å². The summed E-state index contributed by atoms with van der Waals surface area (Å²) in [6.07, 6.45) is 2.63. The molecule has 2 aromatic carbocycles. The molecule has 0 atom stereocenters. The van der Waals surface area contributed by atoms with Crippen molar-refractivity contribution < 1.29 is 4.39 Å². The molecule has 3 nitrogen and oxygen atoms in total. The van der Waals surface area contributed by atoms with Gasteiger partial charge in [0.25, 0.3) is 0 Å². The Morgan fingerprint density at radius 3 is 2.41 bits per heavy atom. The Morgan fingerprint density at radius 2 is 1.63 bits per heavy atom. The lowest BCUT2D eigenvalue weighted by atomic mass is 10.1. The molecule has 0 unspecified atom stereocenters. The number of halogens is 1. The molecule has 0 aliphatic heterocycles. The summed E-state index contributed by atoms with van der Waals surface area (Å²) in [5, 5.41) is 0.947. The van der Waals surface area contributed by atoms with Gasteiger partial charge in [-0.2, -0.15) is 4.39 Å². The minimum atomic E-state index is -0.676. The van der Waals surface area contributed by atoms with Crippen molar-refractivity contribution in [3.05, 3.63) is 88.2 Å². The van der Waals surface area contributed by atoms with Crippen LogP contribution in [0.2, 0.25) is 0 Å². The van der Waals surface area contributed by atoms with Crippen molar-refractivity contribution in [3.8, 4) is 0 Å². The van der Waals surface area contributed by atoms with Crippen molar-refractivity contribution in [3.63, 3.8) is 0 Å². The summed E-state index contributed by atoms with van der Waals surface area (Å²) >= 11 is 1.65. The predicted octanol–water partition coefficient (Wildman–Crippen LogP) is 5.36. The summed E-state index contributed by atoms with van der Waals surface area (Å²) in [4.78, 5) is 12.6. The maximum absolute atomic E-state index is 13.9. The predicted molar refractivity (Wildman–Crippen MR) is 108 cm³/mol. The van der Waals surface area contributed by atoms with Gasteiger partial charge < -0.3 is 0 Å². The van der Waals surface area contributed by atoms with Gasteiger partial charge in [-0.3, -0.25) is 0 Å². The fraction of sp³-hybridized carbons (Fsp3) is 0.227. The number of rotatable bonds is 6. The number of benzene rings is 2. The highest BCUT2D eigenvalue weighted by Crippen LogP contribution is 2.25. The van der Waals surface area contributed by atoms with E-state index in [-0.39, 0.29) is 0 Å². The molecule has 4 rings (SSSR count). The van der Waals surface area contributed by atoms with Crippen LogP contribution in [0, 0.1) is 6.08 Å². The minimum absolute atomic E-state index is 0.518. The number of fused-ring (bicyclic) bond motifs is 1. The first-order valence-corrected chi connectivity index (χ1v) is 9.96. The molecule has 2 aromatic heterocycles. The molecule has 0 saturated heterocycles. The summed E-state index contributed by atoms with van der Waals surface area (Å²) in [7, 11) is 0. The van der Waals surface area contributed by atoms with Gasteiger partial charge in [0, 0.05) is 12.8 Å².